The van der Waals surface area contributed by atoms with E-state index in [4.69, 9.17) is 19.7 Å². The van der Waals surface area contributed by atoms with Gasteiger partial charge in [-0.2, -0.15) is 4.57 Å². The van der Waals surface area contributed by atoms with Crippen LogP contribution in [-0.4, -0.2) is 15.0 Å². The maximum Gasteiger partial charge on any atom is 0.257 e. The zero-order valence-electron chi connectivity index (χ0n) is 24.7. The van der Waals surface area contributed by atoms with E-state index in [0.29, 0.717) is 5.82 Å². The Kier molecular flexibility index (Phi) is 5.42. The topological polar surface area (TPSA) is 51.8 Å². The first kappa shape index (κ1) is 25.4. The Bertz CT molecular complexity index is 1810. The van der Waals surface area contributed by atoms with Gasteiger partial charge in [0, 0.05) is 32.6 Å². The van der Waals surface area contributed by atoms with Crippen LogP contribution in [0.5, 0.6) is 11.5 Å². The summed E-state index contributed by atoms with van der Waals surface area (Å²) in [7, 11) is 2.11. The lowest BCUT2D eigenvalue weighted by Gasteiger charge is -2.24. The molecule has 39 heavy (non-hydrogen) atoms. The van der Waals surface area contributed by atoms with E-state index in [1.165, 1.54) is 33.0 Å². The van der Waals surface area contributed by atoms with E-state index in [0.717, 1.165) is 45.2 Å². The fourth-order valence-corrected chi connectivity index (χ4v) is 5.51. The van der Waals surface area contributed by atoms with Gasteiger partial charge < -0.3 is 4.74 Å². The summed E-state index contributed by atoms with van der Waals surface area (Å²) in [5.41, 5.74) is 6.68. The molecule has 3 heterocycles. The summed E-state index contributed by atoms with van der Waals surface area (Å²) in [5, 5.41) is 4.57. The molecule has 0 unspecified atom stereocenters. The third kappa shape index (κ3) is 4.07. The SMILES string of the molecule is Cc1cc2c3c(c(C)c(C)cc3c1)-c1c(c3cc(-c4nc(C(C)(C)C)nc(C(C)(C)C)n4)ccc3c[n+]1C)O2. The summed E-state index contributed by atoms with van der Waals surface area (Å²) in [6, 6.07) is 13.1. The van der Waals surface area contributed by atoms with Crippen LogP contribution >= 0.6 is 0 Å². The first-order chi connectivity index (χ1) is 18.2. The quantitative estimate of drug-likeness (QED) is 0.208. The van der Waals surface area contributed by atoms with Gasteiger partial charge in [0.1, 0.15) is 24.4 Å². The van der Waals surface area contributed by atoms with Gasteiger partial charge in [-0.05, 0) is 61.0 Å². The number of rotatable bonds is 1. The molecular formula is C34H37N4O+. The highest BCUT2D eigenvalue weighted by molar-refractivity contribution is 6.08. The lowest BCUT2D eigenvalue weighted by molar-refractivity contribution is -0.659. The number of ether oxygens (including phenoxy) is 1. The molecule has 0 N–H and O–H groups in total. The Balaban J connectivity index is 1.65. The van der Waals surface area contributed by atoms with Crippen molar-refractivity contribution >= 4 is 21.5 Å². The predicted molar refractivity (Wildman–Crippen MR) is 159 cm³/mol. The Labute approximate surface area is 230 Å². The second kappa shape index (κ2) is 8.32. The molecule has 1 aliphatic heterocycles. The number of aryl methyl sites for hydroxylation is 3. The molecular weight excluding hydrogens is 480 g/mol. The highest BCUT2D eigenvalue weighted by atomic mass is 16.5. The van der Waals surface area contributed by atoms with Gasteiger partial charge in [0.2, 0.25) is 5.75 Å². The summed E-state index contributed by atoms with van der Waals surface area (Å²) >= 11 is 0. The summed E-state index contributed by atoms with van der Waals surface area (Å²) in [6.07, 6.45) is 2.20. The Hall–Kier alpha value is -3.86. The van der Waals surface area contributed by atoms with Gasteiger partial charge in [-0.3, -0.25) is 0 Å². The largest absolute Gasteiger partial charge is 0.449 e. The Morgan fingerprint density at radius 2 is 1.44 bits per heavy atom. The average molecular weight is 518 g/mol. The van der Waals surface area contributed by atoms with Crippen LogP contribution in [0, 0.1) is 20.8 Å². The van der Waals surface area contributed by atoms with Gasteiger partial charge in [0.05, 0.1) is 5.56 Å². The van der Waals surface area contributed by atoms with Crippen LogP contribution in [0.1, 0.15) is 69.9 Å². The molecule has 0 atom stereocenters. The molecule has 0 saturated carbocycles. The molecule has 0 aliphatic carbocycles. The summed E-state index contributed by atoms with van der Waals surface area (Å²) < 4.78 is 9.00. The fourth-order valence-electron chi connectivity index (χ4n) is 5.51. The van der Waals surface area contributed by atoms with Gasteiger partial charge in [-0.15, -0.1) is 0 Å². The molecule has 2 aromatic heterocycles. The second-order valence-electron chi connectivity index (χ2n) is 13.2. The summed E-state index contributed by atoms with van der Waals surface area (Å²) in [5.74, 6) is 4.10. The van der Waals surface area contributed by atoms with Crippen molar-refractivity contribution in [2.45, 2.75) is 73.1 Å². The number of aromatic nitrogens is 4. The minimum absolute atomic E-state index is 0.194. The molecule has 0 spiro atoms. The molecule has 5 nitrogen and oxygen atoms in total. The minimum atomic E-state index is -0.194. The lowest BCUT2D eigenvalue weighted by atomic mass is 9.89. The van der Waals surface area contributed by atoms with E-state index < -0.39 is 0 Å². The highest BCUT2D eigenvalue weighted by Gasteiger charge is 2.32. The third-order valence-electron chi connectivity index (χ3n) is 7.75. The molecule has 198 valence electrons. The molecule has 3 aromatic carbocycles. The molecule has 5 aromatic rings. The monoisotopic (exact) mass is 517 g/mol. The maximum absolute atomic E-state index is 6.79. The van der Waals surface area contributed by atoms with E-state index in [-0.39, 0.29) is 10.8 Å². The van der Waals surface area contributed by atoms with Crippen molar-refractivity contribution in [1.82, 2.24) is 15.0 Å². The van der Waals surface area contributed by atoms with Crippen LogP contribution in [0.4, 0.5) is 0 Å². The van der Waals surface area contributed by atoms with E-state index in [1.807, 2.05) is 0 Å². The third-order valence-corrected chi connectivity index (χ3v) is 7.75. The number of hydrogen-bond acceptors (Lipinski definition) is 4. The maximum atomic E-state index is 6.79. The number of benzene rings is 3. The molecule has 1 aliphatic rings. The van der Waals surface area contributed by atoms with Crippen molar-refractivity contribution in [2.24, 2.45) is 7.05 Å². The van der Waals surface area contributed by atoms with E-state index in [9.17, 15) is 0 Å². The fraction of sp³-hybridized carbons (Fsp3) is 0.353. The van der Waals surface area contributed by atoms with Gasteiger partial charge >= 0.3 is 0 Å². The van der Waals surface area contributed by atoms with Gasteiger partial charge in [0.15, 0.2) is 12.0 Å². The van der Waals surface area contributed by atoms with Crippen LogP contribution in [-0.2, 0) is 17.9 Å². The number of nitrogens with zero attached hydrogens (tertiary/aromatic N) is 4. The van der Waals surface area contributed by atoms with E-state index in [1.54, 1.807) is 0 Å². The lowest BCUT2D eigenvalue weighted by Crippen LogP contribution is -2.32. The summed E-state index contributed by atoms with van der Waals surface area (Å²) in [6.45, 7) is 19.4. The Morgan fingerprint density at radius 3 is 2.08 bits per heavy atom. The number of pyridine rings is 1. The van der Waals surface area contributed by atoms with Crippen molar-refractivity contribution < 1.29 is 9.30 Å². The van der Waals surface area contributed by atoms with E-state index >= 15 is 0 Å². The standard InChI is InChI=1S/C34H37N4O/c1-18-13-23-15-19(2)20(3)26-27(23)25(14-18)39-29-24-16-21(11-12-22(24)17-38(10)28(26)29)30-35-31(33(4,5)6)37-32(36-30)34(7,8)9/h11-17H,1-10H3/q+1. The van der Waals surface area contributed by atoms with Crippen molar-refractivity contribution in [2.75, 3.05) is 0 Å². The number of fused-ring (bicyclic) bond motifs is 4. The van der Waals surface area contributed by atoms with Gasteiger partial charge in [0.25, 0.3) is 5.69 Å². The van der Waals surface area contributed by atoms with Crippen LogP contribution in [0.15, 0.2) is 42.6 Å². The van der Waals surface area contributed by atoms with Crippen LogP contribution in [0.2, 0.25) is 0 Å². The molecule has 0 radical (unpaired) electrons. The van der Waals surface area contributed by atoms with Crippen LogP contribution < -0.4 is 9.30 Å². The first-order valence-corrected chi connectivity index (χ1v) is 13.7. The normalized spacial score (nSPS) is 13.1. The highest BCUT2D eigenvalue weighted by Crippen LogP contribution is 2.50. The van der Waals surface area contributed by atoms with Crippen molar-refractivity contribution in [3.63, 3.8) is 0 Å². The van der Waals surface area contributed by atoms with Crippen LogP contribution in [0.25, 0.3) is 44.2 Å². The van der Waals surface area contributed by atoms with Crippen molar-refractivity contribution in [3.05, 3.63) is 70.9 Å². The molecule has 0 fully saturated rings. The molecule has 0 bridgehead atoms. The van der Waals surface area contributed by atoms with Crippen molar-refractivity contribution in [1.29, 1.82) is 0 Å². The zero-order valence-corrected chi connectivity index (χ0v) is 24.7. The molecule has 0 amide bonds. The predicted octanol–water partition coefficient (Wildman–Crippen LogP) is 7.96. The molecule has 6 rings (SSSR count). The van der Waals surface area contributed by atoms with Gasteiger partial charge in [-0.1, -0.05) is 59.7 Å². The minimum Gasteiger partial charge on any atom is -0.449 e. The second-order valence-corrected chi connectivity index (χ2v) is 13.2. The average Bonchev–Trinajstić information content (AvgIpc) is 2.85. The smallest absolute Gasteiger partial charge is 0.257 e. The zero-order chi connectivity index (χ0) is 28.0. The Morgan fingerprint density at radius 1 is 0.769 bits per heavy atom. The molecule has 5 heteroatoms. The molecule has 0 saturated heterocycles. The van der Waals surface area contributed by atoms with Gasteiger partial charge in [-0.25, -0.2) is 15.0 Å². The van der Waals surface area contributed by atoms with Crippen LogP contribution in [0.3, 0.4) is 0 Å². The number of hydrogen-bond donors (Lipinski definition) is 0. The summed E-state index contributed by atoms with van der Waals surface area (Å²) in [4.78, 5) is 14.8. The van der Waals surface area contributed by atoms with Crippen molar-refractivity contribution in [3.8, 4) is 34.1 Å². The first-order valence-electron chi connectivity index (χ1n) is 13.7. The van der Waals surface area contributed by atoms with E-state index in [2.05, 4.69) is 117 Å².